The first-order chi connectivity index (χ1) is 9.20. The number of carbonyl (C=O) groups is 1. The SMILES string of the molecule is COc1ccc(N(Cc2cccnc2)C(C)=O)cc1. The van der Waals surface area contributed by atoms with Crippen LogP contribution >= 0.6 is 0 Å². The molecule has 4 nitrogen and oxygen atoms in total. The van der Waals surface area contributed by atoms with Crippen LogP contribution in [0.15, 0.2) is 48.8 Å². The summed E-state index contributed by atoms with van der Waals surface area (Å²) in [7, 11) is 1.62. The van der Waals surface area contributed by atoms with Crippen LogP contribution < -0.4 is 9.64 Å². The molecule has 0 aliphatic carbocycles. The smallest absolute Gasteiger partial charge is 0.224 e. The van der Waals surface area contributed by atoms with E-state index in [2.05, 4.69) is 4.98 Å². The standard InChI is InChI=1S/C15H16N2O2/c1-12(18)17(11-13-4-3-9-16-10-13)14-5-7-15(19-2)8-6-14/h3-10H,11H2,1-2H3. The number of amides is 1. The van der Waals surface area contributed by atoms with Crippen molar-refractivity contribution >= 4 is 11.6 Å². The minimum Gasteiger partial charge on any atom is -0.497 e. The number of methoxy groups -OCH3 is 1. The van der Waals surface area contributed by atoms with E-state index in [-0.39, 0.29) is 5.91 Å². The van der Waals surface area contributed by atoms with Crippen molar-refractivity contribution in [3.63, 3.8) is 0 Å². The minimum absolute atomic E-state index is 0.00554. The molecule has 0 saturated heterocycles. The molecular weight excluding hydrogens is 240 g/mol. The lowest BCUT2D eigenvalue weighted by molar-refractivity contribution is -0.116. The van der Waals surface area contributed by atoms with Gasteiger partial charge in [-0.25, -0.2) is 0 Å². The van der Waals surface area contributed by atoms with E-state index in [0.29, 0.717) is 6.54 Å². The third-order valence-electron chi connectivity index (χ3n) is 2.83. The summed E-state index contributed by atoms with van der Waals surface area (Å²) in [4.78, 5) is 17.5. The molecule has 0 aliphatic heterocycles. The monoisotopic (exact) mass is 256 g/mol. The van der Waals surface area contributed by atoms with Crippen molar-refractivity contribution in [3.05, 3.63) is 54.4 Å². The van der Waals surface area contributed by atoms with Gasteiger partial charge in [0.05, 0.1) is 13.7 Å². The number of rotatable bonds is 4. The van der Waals surface area contributed by atoms with Gasteiger partial charge in [0.25, 0.3) is 0 Å². The Balaban J connectivity index is 2.22. The molecule has 2 aromatic rings. The summed E-state index contributed by atoms with van der Waals surface area (Å²) in [5, 5.41) is 0. The fourth-order valence-electron chi connectivity index (χ4n) is 1.82. The molecule has 0 aliphatic rings. The lowest BCUT2D eigenvalue weighted by Gasteiger charge is -2.21. The second-order valence-electron chi connectivity index (χ2n) is 4.16. The van der Waals surface area contributed by atoms with E-state index in [9.17, 15) is 4.79 Å². The highest BCUT2D eigenvalue weighted by atomic mass is 16.5. The van der Waals surface area contributed by atoms with E-state index >= 15 is 0 Å². The second-order valence-corrected chi connectivity index (χ2v) is 4.16. The third-order valence-corrected chi connectivity index (χ3v) is 2.83. The molecule has 1 amide bonds. The summed E-state index contributed by atoms with van der Waals surface area (Å²) in [5.74, 6) is 0.766. The Hall–Kier alpha value is -2.36. The molecule has 0 atom stereocenters. The fraction of sp³-hybridized carbons (Fsp3) is 0.200. The molecule has 0 unspecified atom stereocenters. The molecule has 0 fully saturated rings. The van der Waals surface area contributed by atoms with E-state index < -0.39 is 0 Å². The number of ether oxygens (including phenoxy) is 1. The van der Waals surface area contributed by atoms with Gasteiger partial charge in [-0.15, -0.1) is 0 Å². The molecule has 0 radical (unpaired) electrons. The minimum atomic E-state index is -0.00554. The number of aromatic nitrogens is 1. The van der Waals surface area contributed by atoms with E-state index in [0.717, 1.165) is 17.0 Å². The summed E-state index contributed by atoms with van der Waals surface area (Å²) < 4.78 is 5.11. The Bertz CT molecular complexity index is 538. The van der Waals surface area contributed by atoms with Crippen molar-refractivity contribution in [2.45, 2.75) is 13.5 Å². The van der Waals surface area contributed by atoms with E-state index in [1.54, 1.807) is 31.3 Å². The van der Waals surface area contributed by atoms with Gasteiger partial charge in [0.15, 0.2) is 0 Å². The molecule has 1 heterocycles. The number of nitrogens with zero attached hydrogens (tertiary/aromatic N) is 2. The number of carbonyl (C=O) groups excluding carboxylic acids is 1. The van der Waals surface area contributed by atoms with E-state index in [1.165, 1.54) is 0 Å². The summed E-state index contributed by atoms with van der Waals surface area (Å²) in [6, 6.07) is 11.2. The Kier molecular flexibility index (Phi) is 4.13. The lowest BCUT2D eigenvalue weighted by Crippen LogP contribution is -2.27. The molecule has 0 spiro atoms. The van der Waals surface area contributed by atoms with Gasteiger partial charge in [0.1, 0.15) is 5.75 Å². The van der Waals surface area contributed by atoms with E-state index in [4.69, 9.17) is 4.74 Å². The quantitative estimate of drug-likeness (QED) is 0.844. The van der Waals surface area contributed by atoms with Gasteiger partial charge in [0.2, 0.25) is 5.91 Å². The topological polar surface area (TPSA) is 42.4 Å². The number of anilines is 1. The molecule has 19 heavy (non-hydrogen) atoms. The van der Waals surface area contributed by atoms with Crippen molar-refractivity contribution in [1.82, 2.24) is 4.98 Å². The van der Waals surface area contributed by atoms with Gasteiger partial charge < -0.3 is 9.64 Å². The number of hydrogen-bond acceptors (Lipinski definition) is 3. The molecular formula is C15H16N2O2. The molecule has 1 aromatic carbocycles. The number of hydrogen-bond donors (Lipinski definition) is 0. The van der Waals surface area contributed by atoms with E-state index in [1.807, 2.05) is 36.4 Å². The van der Waals surface area contributed by atoms with Crippen molar-refractivity contribution < 1.29 is 9.53 Å². The molecule has 4 heteroatoms. The average Bonchev–Trinajstić information content (AvgIpc) is 2.46. The second kappa shape index (κ2) is 6.00. The van der Waals surface area contributed by atoms with Crippen molar-refractivity contribution in [2.75, 3.05) is 12.0 Å². The highest BCUT2D eigenvalue weighted by Crippen LogP contribution is 2.21. The lowest BCUT2D eigenvalue weighted by atomic mass is 10.2. The largest absolute Gasteiger partial charge is 0.497 e. The summed E-state index contributed by atoms with van der Waals surface area (Å²) in [6.45, 7) is 2.07. The van der Waals surface area contributed by atoms with Crippen LogP contribution in [0.5, 0.6) is 5.75 Å². The Morgan fingerprint density at radius 2 is 2.00 bits per heavy atom. The molecule has 98 valence electrons. The molecule has 2 rings (SSSR count). The van der Waals surface area contributed by atoms with Crippen molar-refractivity contribution in [3.8, 4) is 5.75 Å². The zero-order chi connectivity index (χ0) is 13.7. The Labute approximate surface area is 112 Å². The maximum absolute atomic E-state index is 11.8. The fourth-order valence-corrected chi connectivity index (χ4v) is 1.82. The van der Waals surface area contributed by atoms with Crippen LogP contribution in [0.25, 0.3) is 0 Å². The van der Waals surface area contributed by atoms with Gasteiger partial charge in [0, 0.05) is 25.0 Å². The van der Waals surface area contributed by atoms with Gasteiger partial charge in [-0.2, -0.15) is 0 Å². The van der Waals surface area contributed by atoms with Crippen LogP contribution in [0.2, 0.25) is 0 Å². The van der Waals surface area contributed by atoms with Crippen molar-refractivity contribution in [2.24, 2.45) is 0 Å². The van der Waals surface area contributed by atoms with Crippen LogP contribution in [-0.4, -0.2) is 18.0 Å². The van der Waals surface area contributed by atoms with Crippen LogP contribution in [0, 0.1) is 0 Å². The highest BCUT2D eigenvalue weighted by Gasteiger charge is 2.12. The zero-order valence-electron chi connectivity index (χ0n) is 11.0. The van der Waals surface area contributed by atoms with Crippen LogP contribution in [0.3, 0.4) is 0 Å². The molecule has 0 saturated carbocycles. The maximum Gasteiger partial charge on any atom is 0.224 e. The normalized spacial score (nSPS) is 10.0. The highest BCUT2D eigenvalue weighted by molar-refractivity contribution is 5.91. The molecule has 0 bridgehead atoms. The maximum atomic E-state index is 11.8. The predicted octanol–water partition coefficient (Wildman–Crippen LogP) is 2.64. The zero-order valence-corrected chi connectivity index (χ0v) is 11.0. The Morgan fingerprint density at radius 1 is 1.26 bits per heavy atom. The van der Waals surface area contributed by atoms with Crippen LogP contribution in [0.4, 0.5) is 5.69 Å². The van der Waals surface area contributed by atoms with Crippen molar-refractivity contribution in [1.29, 1.82) is 0 Å². The number of benzene rings is 1. The average molecular weight is 256 g/mol. The summed E-state index contributed by atoms with van der Waals surface area (Å²) in [6.07, 6.45) is 3.48. The molecule has 0 N–H and O–H groups in total. The van der Waals surface area contributed by atoms with Gasteiger partial charge in [-0.05, 0) is 35.9 Å². The number of pyridine rings is 1. The molecule has 1 aromatic heterocycles. The first-order valence-electron chi connectivity index (χ1n) is 6.02. The first kappa shape index (κ1) is 13.1. The van der Waals surface area contributed by atoms with Gasteiger partial charge >= 0.3 is 0 Å². The predicted molar refractivity (Wildman–Crippen MR) is 74.1 cm³/mol. The van der Waals surface area contributed by atoms with Gasteiger partial charge in [-0.3, -0.25) is 9.78 Å². The summed E-state index contributed by atoms with van der Waals surface area (Å²) >= 11 is 0. The Morgan fingerprint density at radius 3 is 2.53 bits per heavy atom. The first-order valence-corrected chi connectivity index (χ1v) is 6.02. The summed E-state index contributed by atoms with van der Waals surface area (Å²) in [5.41, 5.74) is 1.84. The van der Waals surface area contributed by atoms with Gasteiger partial charge in [-0.1, -0.05) is 6.07 Å². The van der Waals surface area contributed by atoms with Crippen LogP contribution in [-0.2, 0) is 11.3 Å². The third kappa shape index (κ3) is 3.31. The van der Waals surface area contributed by atoms with Crippen LogP contribution in [0.1, 0.15) is 12.5 Å².